The van der Waals surface area contributed by atoms with Gasteiger partial charge in [0.15, 0.2) is 0 Å². The first kappa shape index (κ1) is 28.0. The number of benzene rings is 1. The number of rotatable bonds is 8. The van der Waals surface area contributed by atoms with Gasteiger partial charge >= 0.3 is 65.1 Å². The van der Waals surface area contributed by atoms with Gasteiger partial charge in [0.1, 0.15) is 5.75 Å². The van der Waals surface area contributed by atoms with E-state index in [2.05, 4.69) is 4.52 Å². The van der Waals surface area contributed by atoms with Crippen molar-refractivity contribution in [2.75, 3.05) is 6.61 Å². The maximum Gasteiger partial charge on any atom is 1.00 e. The number of carbonyl (C=O) groups is 1. The van der Waals surface area contributed by atoms with Crippen LogP contribution >= 0.6 is 7.82 Å². The molecule has 0 N–H and O–H groups in total. The Balaban J connectivity index is 0. The second-order valence-electron chi connectivity index (χ2n) is 5.93. The van der Waals surface area contributed by atoms with Crippen LogP contribution in [0.2, 0.25) is 0 Å². The van der Waals surface area contributed by atoms with Crippen molar-refractivity contribution >= 4 is 13.8 Å². The quantitative estimate of drug-likeness (QED) is 0.151. The number of hydrogen-bond acceptors (Lipinski definition) is 6. The zero-order valence-electron chi connectivity index (χ0n) is 15.9. The summed E-state index contributed by atoms with van der Waals surface area (Å²) in [5.74, 6) is 0.496. The zero-order valence-corrected chi connectivity index (χ0v) is 20.8. The molecular formula is C16H23Na2O6P. The van der Waals surface area contributed by atoms with Gasteiger partial charge in [-0.25, -0.2) is 0 Å². The Kier molecular flexibility index (Phi) is 14.6. The fourth-order valence-electron chi connectivity index (χ4n) is 2.16. The summed E-state index contributed by atoms with van der Waals surface area (Å²) in [4.78, 5) is 32.7. The molecule has 130 valence electrons. The van der Waals surface area contributed by atoms with Gasteiger partial charge in [0.05, 0.1) is 14.4 Å². The van der Waals surface area contributed by atoms with E-state index in [4.69, 9.17) is 4.74 Å². The number of hydrogen-bond donors (Lipinski definition) is 0. The molecule has 9 heteroatoms. The van der Waals surface area contributed by atoms with Crippen molar-refractivity contribution < 1.29 is 87.5 Å². The topological polar surface area (TPSA) is 98.7 Å². The monoisotopic (exact) mass is 388 g/mol. The van der Waals surface area contributed by atoms with E-state index in [9.17, 15) is 19.1 Å². The molecule has 1 aromatic carbocycles. The van der Waals surface area contributed by atoms with E-state index >= 15 is 0 Å². The van der Waals surface area contributed by atoms with Crippen LogP contribution in [0.4, 0.5) is 0 Å². The van der Waals surface area contributed by atoms with Crippen LogP contribution in [0.5, 0.6) is 5.75 Å². The Morgan fingerprint density at radius 1 is 1.08 bits per heavy atom. The maximum absolute atomic E-state index is 12.0. The third-order valence-electron chi connectivity index (χ3n) is 3.31. The molecule has 0 aliphatic rings. The second-order valence-corrected chi connectivity index (χ2v) is 7.09. The van der Waals surface area contributed by atoms with Gasteiger partial charge in [-0.2, -0.15) is 0 Å². The molecular weight excluding hydrogens is 365 g/mol. The molecule has 0 unspecified atom stereocenters. The molecule has 0 saturated heterocycles. The molecule has 6 nitrogen and oxygen atoms in total. The van der Waals surface area contributed by atoms with Crippen molar-refractivity contribution in [1.29, 1.82) is 0 Å². The van der Waals surface area contributed by atoms with Crippen molar-refractivity contribution in [3.8, 4) is 5.75 Å². The van der Waals surface area contributed by atoms with E-state index in [1.165, 1.54) is 0 Å². The van der Waals surface area contributed by atoms with Gasteiger partial charge in [-0.1, -0.05) is 45.9 Å². The molecule has 1 rings (SSSR count). The average Bonchev–Trinajstić information content (AvgIpc) is 2.42. The van der Waals surface area contributed by atoms with E-state index in [-0.39, 0.29) is 90.4 Å². The molecule has 0 saturated carbocycles. The van der Waals surface area contributed by atoms with Gasteiger partial charge in [0.2, 0.25) is 0 Å². The molecule has 0 aliphatic heterocycles. The molecule has 0 fully saturated rings. The average molecular weight is 388 g/mol. The summed E-state index contributed by atoms with van der Waals surface area (Å²) in [6.45, 7) is 7.76. The van der Waals surface area contributed by atoms with Crippen LogP contribution in [0.3, 0.4) is 0 Å². The third kappa shape index (κ3) is 10.6. The van der Waals surface area contributed by atoms with Crippen LogP contribution in [0.1, 0.15) is 63.5 Å². The van der Waals surface area contributed by atoms with Crippen molar-refractivity contribution in [3.05, 3.63) is 29.3 Å². The second kappa shape index (κ2) is 13.1. The predicted octanol–water partition coefficient (Wildman–Crippen LogP) is -3.53. The van der Waals surface area contributed by atoms with E-state index in [1.807, 2.05) is 45.9 Å². The van der Waals surface area contributed by atoms with E-state index in [0.717, 1.165) is 11.1 Å². The number of ether oxygens (including phenoxy) is 1. The summed E-state index contributed by atoms with van der Waals surface area (Å²) in [6.07, 6.45) is 0.0815. The smallest absolute Gasteiger partial charge is 0.790 e. The third-order valence-corrected chi connectivity index (χ3v) is 3.81. The molecule has 0 heterocycles. The molecule has 0 radical (unpaired) electrons. The largest absolute Gasteiger partial charge is 1.00 e. The van der Waals surface area contributed by atoms with E-state index in [1.54, 1.807) is 0 Å². The van der Waals surface area contributed by atoms with Crippen molar-refractivity contribution in [1.82, 2.24) is 0 Å². The van der Waals surface area contributed by atoms with E-state index < -0.39 is 13.8 Å². The molecule has 0 bridgehead atoms. The molecule has 0 aliphatic carbocycles. The van der Waals surface area contributed by atoms with Gasteiger partial charge in [0, 0.05) is 6.42 Å². The summed E-state index contributed by atoms with van der Waals surface area (Å²) in [5.41, 5.74) is 1.90. The molecule has 0 atom stereocenters. The standard InChI is InChI=1S/C16H25O6P.2Na/c1-11(2)13-7-5-8-14(12(3)4)16(13)22-15(17)9-6-10-21-23(18,19)20;;/h5,7-8,11-12H,6,9-10H2,1-4H3,(H2,18,19,20);;/q;2*+1/p-2. The van der Waals surface area contributed by atoms with Crippen LogP contribution in [0.15, 0.2) is 18.2 Å². The Bertz CT molecular complexity index is 560. The Morgan fingerprint density at radius 2 is 1.56 bits per heavy atom. The fourth-order valence-corrected chi connectivity index (χ4v) is 2.51. The maximum atomic E-state index is 12.0. The number of carbonyl (C=O) groups excluding carboxylic acids is 1. The molecule has 25 heavy (non-hydrogen) atoms. The normalized spacial score (nSPS) is 11.0. The van der Waals surface area contributed by atoms with Crippen LogP contribution in [0, 0.1) is 0 Å². The van der Waals surface area contributed by atoms with Crippen molar-refractivity contribution in [3.63, 3.8) is 0 Å². The Hall–Kier alpha value is 0.800. The van der Waals surface area contributed by atoms with Crippen molar-refractivity contribution in [2.24, 2.45) is 0 Å². The van der Waals surface area contributed by atoms with Gasteiger partial charge in [-0.3, -0.25) is 4.79 Å². The van der Waals surface area contributed by atoms with Crippen LogP contribution in [0.25, 0.3) is 0 Å². The minimum Gasteiger partial charge on any atom is -0.790 e. The summed E-state index contributed by atoms with van der Waals surface area (Å²) in [7, 11) is -4.99. The van der Waals surface area contributed by atoms with E-state index in [0.29, 0.717) is 5.75 Å². The van der Waals surface area contributed by atoms with Crippen LogP contribution in [-0.4, -0.2) is 12.6 Å². The SMILES string of the molecule is CC(C)c1cccc(C(C)C)c1OC(=O)CCCOP(=O)([O-])[O-].[Na+].[Na+]. The zero-order chi connectivity index (χ0) is 17.6. The Labute approximate surface area is 193 Å². The first-order valence-corrected chi connectivity index (χ1v) is 9.08. The number of esters is 1. The Morgan fingerprint density at radius 3 is 1.96 bits per heavy atom. The van der Waals surface area contributed by atoms with Crippen LogP contribution < -0.4 is 73.6 Å². The predicted molar refractivity (Wildman–Crippen MR) is 83.0 cm³/mol. The minimum absolute atomic E-state index is 0. The van der Waals surface area contributed by atoms with Crippen LogP contribution in [-0.2, 0) is 13.9 Å². The van der Waals surface area contributed by atoms with Gasteiger partial charge in [0.25, 0.3) is 0 Å². The fraction of sp³-hybridized carbons (Fsp3) is 0.562. The summed E-state index contributed by atoms with van der Waals surface area (Å²) in [6, 6.07) is 5.79. The molecule has 0 amide bonds. The summed E-state index contributed by atoms with van der Waals surface area (Å²) >= 11 is 0. The number of phosphoric ester groups is 1. The number of phosphoric acid groups is 1. The van der Waals surface area contributed by atoms with Gasteiger partial charge < -0.3 is 23.6 Å². The molecule has 0 spiro atoms. The summed E-state index contributed by atoms with van der Waals surface area (Å²) < 4.78 is 19.9. The first-order valence-electron chi connectivity index (χ1n) is 7.62. The van der Waals surface area contributed by atoms with Gasteiger partial charge in [-0.15, -0.1) is 0 Å². The molecule has 1 aromatic rings. The molecule has 0 aromatic heterocycles. The first-order chi connectivity index (χ1) is 10.6. The number of para-hydroxylation sites is 1. The summed E-state index contributed by atoms with van der Waals surface area (Å²) in [5, 5.41) is 0. The van der Waals surface area contributed by atoms with Gasteiger partial charge in [-0.05, 0) is 29.4 Å². The minimum atomic E-state index is -4.99. The van der Waals surface area contributed by atoms with Crippen molar-refractivity contribution in [2.45, 2.75) is 52.4 Å².